The highest BCUT2D eigenvalue weighted by atomic mass is 16.5. The number of amides is 2. The molecular weight excluding hydrogens is 328 g/mol. The molecule has 2 aromatic rings. The van der Waals surface area contributed by atoms with Gasteiger partial charge in [0.2, 0.25) is 11.8 Å². The van der Waals surface area contributed by atoms with Gasteiger partial charge in [-0.05, 0) is 25.1 Å². The number of hydrogen-bond acceptors (Lipinski definition) is 3. The highest BCUT2D eigenvalue weighted by molar-refractivity contribution is 6.00. The average Bonchev–Trinajstić information content (AvgIpc) is 3.05. The first-order chi connectivity index (χ1) is 12.6. The molecule has 1 fully saturated rings. The van der Waals surface area contributed by atoms with E-state index >= 15 is 0 Å². The minimum absolute atomic E-state index is 0.00128. The highest BCUT2D eigenvalue weighted by Gasteiger charge is 2.36. The summed E-state index contributed by atoms with van der Waals surface area (Å²) in [5.74, 6) is 0.447. The zero-order valence-electron chi connectivity index (χ0n) is 14.8. The van der Waals surface area contributed by atoms with E-state index in [2.05, 4.69) is 5.32 Å². The van der Waals surface area contributed by atoms with Crippen LogP contribution in [-0.2, 0) is 9.59 Å². The lowest BCUT2D eigenvalue weighted by atomic mass is 9.99. The van der Waals surface area contributed by atoms with Crippen molar-refractivity contribution in [3.63, 3.8) is 0 Å². The van der Waals surface area contributed by atoms with Gasteiger partial charge in [0.25, 0.3) is 0 Å². The summed E-state index contributed by atoms with van der Waals surface area (Å²) in [6.45, 7) is 3.03. The molecule has 0 aliphatic carbocycles. The number of benzene rings is 2. The zero-order valence-corrected chi connectivity index (χ0v) is 14.8. The third-order valence-corrected chi connectivity index (χ3v) is 5.12. The van der Waals surface area contributed by atoms with Crippen molar-refractivity contribution in [2.45, 2.75) is 25.8 Å². The van der Waals surface area contributed by atoms with Gasteiger partial charge in [-0.3, -0.25) is 9.59 Å². The zero-order chi connectivity index (χ0) is 18.1. The van der Waals surface area contributed by atoms with E-state index in [0.717, 1.165) is 29.0 Å². The Morgan fingerprint density at radius 1 is 1.15 bits per heavy atom. The van der Waals surface area contributed by atoms with Crippen LogP contribution in [0.2, 0.25) is 0 Å². The van der Waals surface area contributed by atoms with Crippen molar-refractivity contribution in [1.29, 1.82) is 0 Å². The van der Waals surface area contributed by atoms with Crippen molar-refractivity contribution in [3.05, 3.63) is 59.7 Å². The van der Waals surface area contributed by atoms with Crippen molar-refractivity contribution in [1.82, 2.24) is 5.32 Å². The maximum atomic E-state index is 12.8. The number of aryl methyl sites for hydroxylation is 1. The summed E-state index contributed by atoms with van der Waals surface area (Å²) < 4.78 is 5.65. The molecule has 1 N–H and O–H groups in total. The van der Waals surface area contributed by atoms with Gasteiger partial charge in [-0.25, -0.2) is 0 Å². The van der Waals surface area contributed by atoms with Crippen LogP contribution < -0.4 is 15.0 Å². The largest absolute Gasteiger partial charge is 0.493 e. The van der Waals surface area contributed by atoms with Crippen LogP contribution >= 0.6 is 0 Å². The van der Waals surface area contributed by atoms with Gasteiger partial charge >= 0.3 is 0 Å². The first-order valence-electron chi connectivity index (χ1n) is 9.01. The molecule has 2 aromatic carbocycles. The molecule has 1 saturated heterocycles. The summed E-state index contributed by atoms with van der Waals surface area (Å²) in [6.07, 6.45) is 0.996. The molecule has 0 radical (unpaired) electrons. The molecule has 2 aliphatic heterocycles. The van der Waals surface area contributed by atoms with E-state index < -0.39 is 0 Å². The Balaban J connectivity index is 1.45. The van der Waals surface area contributed by atoms with Gasteiger partial charge in [-0.2, -0.15) is 0 Å². The van der Waals surface area contributed by atoms with Crippen LogP contribution in [0.15, 0.2) is 48.5 Å². The van der Waals surface area contributed by atoms with Gasteiger partial charge in [-0.15, -0.1) is 0 Å². The van der Waals surface area contributed by atoms with Gasteiger partial charge < -0.3 is 15.0 Å². The van der Waals surface area contributed by atoms with Crippen molar-refractivity contribution in [2.75, 3.05) is 18.1 Å². The average molecular weight is 350 g/mol. The fourth-order valence-corrected chi connectivity index (χ4v) is 3.64. The Labute approximate surface area is 153 Å². The number of ether oxygens (including phenoxy) is 1. The lowest BCUT2D eigenvalue weighted by Gasteiger charge is -2.27. The molecular formula is C21H22N2O3. The lowest BCUT2D eigenvalue weighted by molar-refractivity contribution is -0.127. The monoisotopic (exact) mass is 350 g/mol. The number of carbonyl (C=O) groups excluding carboxylic acids is 2. The first kappa shape index (κ1) is 16.6. The van der Waals surface area contributed by atoms with Gasteiger partial charge in [0.15, 0.2) is 0 Å². The maximum absolute atomic E-state index is 12.8. The summed E-state index contributed by atoms with van der Waals surface area (Å²) in [7, 11) is 0. The number of carbonyl (C=O) groups is 2. The third kappa shape index (κ3) is 3.17. The second-order valence-electron chi connectivity index (χ2n) is 6.98. The van der Waals surface area contributed by atoms with E-state index in [1.165, 1.54) is 0 Å². The first-order valence-corrected chi connectivity index (χ1v) is 9.01. The molecule has 26 heavy (non-hydrogen) atoms. The van der Waals surface area contributed by atoms with Gasteiger partial charge in [-0.1, -0.05) is 35.9 Å². The van der Waals surface area contributed by atoms with Crippen molar-refractivity contribution in [3.8, 4) is 5.75 Å². The van der Waals surface area contributed by atoms with Crippen LogP contribution in [0.3, 0.4) is 0 Å². The standard InChI is InChI=1S/C21H22N2O3/c1-14-6-8-16(9-7-14)23-13-15(12-20(23)24)21(25)22-18-10-11-26-19-5-3-2-4-17(18)19/h2-9,15,18H,10-13H2,1H3,(H,22,25). The van der Waals surface area contributed by atoms with Crippen LogP contribution in [-0.4, -0.2) is 25.0 Å². The second kappa shape index (κ2) is 6.83. The van der Waals surface area contributed by atoms with Crippen LogP contribution in [0.1, 0.15) is 30.0 Å². The molecule has 2 aliphatic rings. The number of nitrogens with zero attached hydrogens (tertiary/aromatic N) is 1. The molecule has 134 valence electrons. The molecule has 0 saturated carbocycles. The van der Waals surface area contributed by atoms with E-state index in [1.54, 1.807) is 4.90 Å². The number of rotatable bonds is 3. The lowest BCUT2D eigenvalue weighted by Crippen LogP contribution is -2.37. The fourth-order valence-electron chi connectivity index (χ4n) is 3.64. The Morgan fingerprint density at radius 3 is 2.73 bits per heavy atom. The highest BCUT2D eigenvalue weighted by Crippen LogP contribution is 2.32. The van der Waals surface area contributed by atoms with Crippen LogP contribution in [0, 0.1) is 12.8 Å². The fraction of sp³-hybridized carbons (Fsp3) is 0.333. The quantitative estimate of drug-likeness (QED) is 0.926. The van der Waals surface area contributed by atoms with E-state index in [4.69, 9.17) is 4.74 Å². The Bertz CT molecular complexity index is 831. The molecule has 5 nitrogen and oxygen atoms in total. The molecule has 2 atom stereocenters. The number of para-hydroxylation sites is 1. The molecule has 4 rings (SSSR count). The minimum atomic E-state index is -0.321. The molecule has 2 amide bonds. The SMILES string of the molecule is Cc1ccc(N2CC(C(=O)NC3CCOc4ccccc43)CC2=O)cc1. The molecule has 5 heteroatoms. The minimum Gasteiger partial charge on any atom is -0.493 e. The Hall–Kier alpha value is -2.82. The van der Waals surface area contributed by atoms with Crippen LogP contribution in [0.5, 0.6) is 5.75 Å². The second-order valence-corrected chi connectivity index (χ2v) is 6.98. The van der Waals surface area contributed by atoms with Crippen molar-refractivity contribution in [2.24, 2.45) is 5.92 Å². The molecule has 2 unspecified atom stereocenters. The molecule has 2 heterocycles. The van der Waals surface area contributed by atoms with E-state index in [-0.39, 0.29) is 30.2 Å². The Kier molecular flexibility index (Phi) is 4.37. The summed E-state index contributed by atoms with van der Waals surface area (Å²) in [4.78, 5) is 26.9. The summed E-state index contributed by atoms with van der Waals surface area (Å²) in [5.41, 5.74) is 3.01. The van der Waals surface area contributed by atoms with Crippen LogP contribution in [0.25, 0.3) is 0 Å². The molecule has 0 spiro atoms. The third-order valence-electron chi connectivity index (χ3n) is 5.12. The predicted molar refractivity (Wildman–Crippen MR) is 99.1 cm³/mol. The topological polar surface area (TPSA) is 58.6 Å². The summed E-state index contributed by atoms with van der Waals surface area (Å²) in [6, 6.07) is 15.6. The summed E-state index contributed by atoms with van der Waals surface area (Å²) >= 11 is 0. The number of nitrogens with one attached hydrogen (secondary N) is 1. The van der Waals surface area contributed by atoms with Gasteiger partial charge in [0.05, 0.1) is 18.6 Å². The summed E-state index contributed by atoms with van der Waals surface area (Å²) in [5, 5.41) is 3.12. The molecule has 0 bridgehead atoms. The number of fused-ring (bicyclic) bond motifs is 1. The number of hydrogen-bond donors (Lipinski definition) is 1. The van der Waals surface area contributed by atoms with E-state index in [0.29, 0.717) is 13.2 Å². The predicted octanol–water partition coefficient (Wildman–Crippen LogP) is 2.99. The number of anilines is 1. The van der Waals surface area contributed by atoms with Gasteiger partial charge in [0.1, 0.15) is 5.75 Å². The Morgan fingerprint density at radius 2 is 1.92 bits per heavy atom. The van der Waals surface area contributed by atoms with Gasteiger partial charge in [0, 0.05) is 30.6 Å². The normalized spacial score (nSPS) is 21.9. The van der Waals surface area contributed by atoms with Crippen molar-refractivity contribution < 1.29 is 14.3 Å². The molecule has 0 aromatic heterocycles. The van der Waals surface area contributed by atoms with Crippen LogP contribution in [0.4, 0.5) is 5.69 Å². The van der Waals surface area contributed by atoms with E-state index in [9.17, 15) is 9.59 Å². The van der Waals surface area contributed by atoms with Crippen molar-refractivity contribution >= 4 is 17.5 Å². The maximum Gasteiger partial charge on any atom is 0.227 e. The van der Waals surface area contributed by atoms with E-state index in [1.807, 2.05) is 55.5 Å². The smallest absolute Gasteiger partial charge is 0.227 e.